The van der Waals surface area contributed by atoms with Gasteiger partial charge in [0.2, 0.25) is 5.78 Å². The molecule has 1 aromatic heterocycles. The maximum Gasteiger partial charge on any atom is 0.460 e. The fourth-order valence-electron chi connectivity index (χ4n) is 2.01. The maximum absolute atomic E-state index is 13.4. The molecule has 0 atom stereocenters. The van der Waals surface area contributed by atoms with Gasteiger partial charge in [-0.05, 0) is 11.6 Å². The third-order valence-electron chi connectivity index (χ3n) is 3.40. The van der Waals surface area contributed by atoms with Crippen LogP contribution in [0.1, 0.15) is 5.56 Å². The van der Waals surface area contributed by atoms with Crippen LogP contribution in [0.15, 0.2) is 29.4 Å². The Balaban J connectivity index is 2.21. The van der Waals surface area contributed by atoms with Crippen molar-refractivity contribution in [3.05, 3.63) is 40.2 Å². The van der Waals surface area contributed by atoms with Crippen LogP contribution in [-0.2, 0) is 11.3 Å². The number of pyridine rings is 1. The Morgan fingerprint density at radius 3 is 2.42 bits per heavy atom. The van der Waals surface area contributed by atoms with Crippen molar-refractivity contribution in [2.75, 3.05) is 12.3 Å². The molecule has 1 aliphatic rings. The highest BCUT2D eigenvalue weighted by Gasteiger charge is 2.75. The lowest BCUT2D eigenvalue weighted by atomic mass is 10.1. The van der Waals surface area contributed by atoms with E-state index in [1.54, 1.807) is 6.07 Å². The van der Waals surface area contributed by atoms with E-state index in [1.807, 2.05) is 0 Å². The van der Waals surface area contributed by atoms with Gasteiger partial charge >= 0.3 is 18.0 Å². The Hall–Kier alpha value is -1.49. The van der Waals surface area contributed by atoms with E-state index in [0.29, 0.717) is 11.3 Å². The molecule has 3 nitrogen and oxygen atoms in total. The fraction of sp³-hybridized carbons (Fsp3) is 0.429. The summed E-state index contributed by atoms with van der Waals surface area (Å²) in [5.41, 5.74) is 0.586. The Bertz CT molecular complexity index is 706. The summed E-state index contributed by atoms with van der Waals surface area (Å²) in [6, 6.07) is 3.04. The molecule has 1 aromatic rings. The summed E-state index contributed by atoms with van der Waals surface area (Å²) in [6.45, 7) is 0.380. The number of hydrogen-bond donors (Lipinski definition) is 0. The number of thioether (sulfide) groups is 1. The molecule has 0 spiro atoms. The van der Waals surface area contributed by atoms with Gasteiger partial charge in [-0.1, -0.05) is 17.7 Å². The first-order chi connectivity index (χ1) is 11.9. The zero-order chi connectivity index (χ0) is 19.8. The molecule has 1 fully saturated rings. The lowest BCUT2D eigenvalue weighted by Gasteiger charge is -2.26. The van der Waals surface area contributed by atoms with Crippen LogP contribution in [0.25, 0.3) is 0 Å². The Kier molecular flexibility index (Phi) is 5.81. The van der Waals surface area contributed by atoms with Gasteiger partial charge in [0.05, 0.1) is 5.03 Å². The molecule has 0 bridgehead atoms. The van der Waals surface area contributed by atoms with E-state index in [1.165, 1.54) is 17.2 Å². The molecule has 2 rings (SSSR count). The van der Waals surface area contributed by atoms with Gasteiger partial charge in [-0.25, -0.2) is 4.98 Å². The molecular formula is C14H10ClF7N2OS. The molecule has 0 saturated carbocycles. The van der Waals surface area contributed by atoms with Crippen molar-refractivity contribution < 1.29 is 35.5 Å². The van der Waals surface area contributed by atoms with Crippen LogP contribution in [0.2, 0.25) is 5.15 Å². The van der Waals surface area contributed by atoms with E-state index in [9.17, 15) is 35.5 Å². The van der Waals surface area contributed by atoms with Crippen LogP contribution in [0.5, 0.6) is 0 Å². The first-order valence-corrected chi connectivity index (χ1v) is 8.29. The smallest absolute Gasteiger partial charge is 0.361 e. The van der Waals surface area contributed by atoms with Gasteiger partial charge in [0.15, 0.2) is 0 Å². The van der Waals surface area contributed by atoms with E-state index in [-0.39, 0.29) is 29.3 Å². The largest absolute Gasteiger partial charge is 0.460 e. The minimum Gasteiger partial charge on any atom is -0.361 e. The van der Waals surface area contributed by atoms with Crippen LogP contribution in [-0.4, -0.2) is 46.0 Å². The van der Waals surface area contributed by atoms with E-state index < -0.39 is 23.8 Å². The average molecular weight is 423 g/mol. The number of aromatic nitrogens is 1. The van der Waals surface area contributed by atoms with Gasteiger partial charge in [-0.3, -0.25) is 4.79 Å². The van der Waals surface area contributed by atoms with Crippen molar-refractivity contribution in [3.8, 4) is 0 Å². The molecule has 0 aliphatic carbocycles. The van der Waals surface area contributed by atoms with Gasteiger partial charge in [-0.2, -0.15) is 30.7 Å². The maximum atomic E-state index is 13.4. The number of halogens is 8. The number of hydrogen-bond acceptors (Lipinski definition) is 4. The van der Waals surface area contributed by atoms with E-state index >= 15 is 0 Å². The third-order valence-corrected chi connectivity index (χ3v) is 4.68. The molecule has 1 aliphatic heterocycles. The predicted octanol–water partition coefficient (Wildman–Crippen LogP) is 4.53. The summed E-state index contributed by atoms with van der Waals surface area (Å²) < 4.78 is 89.2. The molecule has 12 heteroatoms. The number of carbonyl (C=O) groups excluding carboxylic acids is 1. The zero-order valence-corrected chi connectivity index (χ0v) is 14.2. The summed E-state index contributed by atoms with van der Waals surface area (Å²) in [7, 11) is 0. The Morgan fingerprint density at radius 2 is 1.88 bits per heavy atom. The van der Waals surface area contributed by atoms with Crippen molar-refractivity contribution in [1.29, 1.82) is 0 Å². The summed E-state index contributed by atoms with van der Waals surface area (Å²) in [6.07, 6.45) is -5.04. The van der Waals surface area contributed by atoms with Crippen molar-refractivity contribution in [2.24, 2.45) is 0 Å². The molecule has 1 saturated heterocycles. The number of alkyl halides is 7. The van der Waals surface area contributed by atoms with Crippen molar-refractivity contribution >= 4 is 29.1 Å². The van der Waals surface area contributed by atoms with E-state index in [0.717, 1.165) is 11.8 Å². The van der Waals surface area contributed by atoms with Crippen molar-refractivity contribution in [3.63, 3.8) is 0 Å². The number of allylic oxidation sites excluding steroid dienone is 1. The van der Waals surface area contributed by atoms with Crippen molar-refractivity contribution in [2.45, 2.75) is 24.6 Å². The summed E-state index contributed by atoms with van der Waals surface area (Å²) in [5, 5.41) is 0.0899. The average Bonchev–Trinajstić information content (AvgIpc) is 2.95. The minimum absolute atomic E-state index is 0.0948. The summed E-state index contributed by atoms with van der Waals surface area (Å²) >= 11 is 6.52. The van der Waals surface area contributed by atoms with Crippen LogP contribution in [0, 0.1) is 0 Å². The molecule has 0 unspecified atom stereocenters. The Morgan fingerprint density at radius 1 is 1.23 bits per heavy atom. The second-order valence-corrected chi connectivity index (χ2v) is 6.76. The van der Waals surface area contributed by atoms with Gasteiger partial charge in [-0.15, -0.1) is 11.8 Å². The molecule has 144 valence electrons. The SMILES string of the molecule is O=C(C=C1SCCN1Cc1ccc(Cl)nc1)C(F)(F)C(F)(F)C(F)(F)F. The van der Waals surface area contributed by atoms with E-state index in [4.69, 9.17) is 11.6 Å². The fourth-order valence-corrected chi connectivity index (χ4v) is 3.17. The van der Waals surface area contributed by atoms with Gasteiger partial charge in [0.1, 0.15) is 5.15 Å². The summed E-state index contributed by atoms with van der Waals surface area (Å²) in [5.74, 6) is -14.6. The monoisotopic (exact) mass is 422 g/mol. The molecule has 0 N–H and O–H groups in total. The highest BCUT2D eigenvalue weighted by molar-refractivity contribution is 8.03. The lowest BCUT2D eigenvalue weighted by molar-refractivity contribution is -0.342. The first-order valence-electron chi connectivity index (χ1n) is 6.93. The first kappa shape index (κ1) is 20.8. The molecule has 0 aromatic carbocycles. The second kappa shape index (κ2) is 7.26. The predicted molar refractivity (Wildman–Crippen MR) is 81.2 cm³/mol. The third kappa shape index (κ3) is 4.08. The summed E-state index contributed by atoms with van der Waals surface area (Å²) in [4.78, 5) is 16.7. The highest BCUT2D eigenvalue weighted by Crippen LogP contribution is 2.47. The van der Waals surface area contributed by atoms with Crippen LogP contribution >= 0.6 is 23.4 Å². The lowest BCUT2D eigenvalue weighted by Crippen LogP contribution is -2.55. The van der Waals surface area contributed by atoms with Crippen LogP contribution in [0.3, 0.4) is 0 Å². The molecule has 2 heterocycles. The quantitative estimate of drug-likeness (QED) is 0.397. The number of rotatable bonds is 5. The molecule has 0 radical (unpaired) electrons. The second-order valence-electron chi connectivity index (χ2n) is 5.25. The normalized spacial score (nSPS) is 17.8. The van der Waals surface area contributed by atoms with Crippen molar-refractivity contribution in [1.82, 2.24) is 9.88 Å². The van der Waals surface area contributed by atoms with Crippen LogP contribution < -0.4 is 0 Å². The number of ketones is 1. The topological polar surface area (TPSA) is 33.2 Å². The zero-order valence-electron chi connectivity index (χ0n) is 12.7. The number of nitrogens with zero attached hydrogens (tertiary/aromatic N) is 2. The minimum atomic E-state index is -6.55. The van der Waals surface area contributed by atoms with Gasteiger partial charge in [0, 0.05) is 31.1 Å². The highest BCUT2D eigenvalue weighted by atomic mass is 35.5. The standard InChI is InChI=1S/C14H10ClF7N2OS/c15-10-2-1-8(6-23-10)7-24-3-4-26-11(24)5-9(25)12(16,17)13(18,19)14(20,21)22/h1-2,5-6H,3-4,7H2. The molecule has 26 heavy (non-hydrogen) atoms. The van der Waals surface area contributed by atoms with Gasteiger partial charge in [0.25, 0.3) is 0 Å². The number of carbonyl (C=O) groups is 1. The molecule has 0 amide bonds. The Labute approximate surface area is 152 Å². The van der Waals surface area contributed by atoms with Gasteiger partial charge < -0.3 is 4.90 Å². The van der Waals surface area contributed by atoms with E-state index in [2.05, 4.69) is 4.98 Å². The van der Waals surface area contributed by atoms with Crippen LogP contribution in [0.4, 0.5) is 30.7 Å². The molecular weight excluding hydrogens is 413 g/mol.